The van der Waals surface area contributed by atoms with Crippen LogP contribution in [0.2, 0.25) is 0 Å². The topological polar surface area (TPSA) is 84.5 Å². The molecule has 30 heavy (non-hydrogen) atoms. The largest absolute Gasteiger partial charge is 0.359 e. The quantitative estimate of drug-likeness (QED) is 0.551. The maximum absolute atomic E-state index is 12.4. The van der Waals surface area contributed by atoms with Gasteiger partial charge in [-0.1, -0.05) is 78.9 Å². The maximum Gasteiger partial charge on any atom is 0.246 e. The summed E-state index contributed by atoms with van der Waals surface area (Å²) >= 11 is 0. The van der Waals surface area contributed by atoms with Gasteiger partial charge in [-0.15, -0.1) is 0 Å². The molecule has 0 aliphatic heterocycles. The van der Waals surface area contributed by atoms with Crippen LogP contribution >= 0.6 is 0 Å². The number of amides is 1. The minimum absolute atomic E-state index is 0.129. The molecule has 3 aromatic rings. The Hall–Kier alpha value is -3.16. The highest BCUT2D eigenvalue weighted by atomic mass is 32.2. The monoisotopic (exact) mass is 424 g/mol. The third kappa shape index (κ3) is 6.43. The molecule has 0 atom stereocenters. The number of carbonyl (C=O) groups is 1. The second kappa shape index (κ2) is 10.0. The summed E-state index contributed by atoms with van der Waals surface area (Å²) in [5.74, 6) is -0.291. The zero-order valence-corrected chi connectivity index (χ0v) is 17.4. The average molecular weight is 425 g/mol. The molecule has 6 nitrogen and oxygen atoms in total. The second-order valence-electron chi connectivity index (χ2n) is 6.82. The van der Waals surface area contributed by atoms with E-state index in [9.17, 15) is 13.2 Å². The van der Waals surface area contributed by atoms with Gasteiger partial charge in [0.2, 0.25) is 15.9 Å². The van der Waals surface area contributed by atoms with Gasteiger partial charge in [-0.25, -0.2) is 8.42 Å². The number of nitrogens with one attached hydrogen (secondary N) is 2. The third-order valence-electron chi connectivity index (χ3n) is 4.37. The second-order valence-corrected chi connectivity index (χ2v) is 8.57. The Morgan fingerprint density at radius 2 is 1.40 bits per heavy atom. The highest BCUT2D eigenvalue weighted by molar-refractivity contribution is 7.92. The van der Waals surface area contributed by atoms with Crippen molar-refractivity contribution in [2.75, 3.05) is 17.6 Å². The Kier molecular flexibility index (Phi) is 7.21. The lowest BCUT2D eigenvalue weighted by molar-refractivity contribution is -0.127. The van der Waals surface area contributed by atoms with E-state index < -0.39 is 10.0 Å². The fourth-order valence-corrected chi connectivity index (χ4v) is 3.62. The molecule has 7 heteroatoms. The van der Waals surface area contributed by atoms with Gasteiger partial charge in [0.05, 0.1) is 11.9 Å². The molecule has 1 amide bonds. The summed E-state index contributed by atoms with van der Waals surface area (Å²) in [6.07, 6.45) is 0.723. The van der Waals surface area contributed by atoms with Crippen molar-refractivity contribution in [3.63, 3.8) is 0 Å². The number of para-hydroxylation sites is 1. The van der Waals surface area contributed by atoms with E-state index in [2.05, 4.69) is 10.0 Å². The van der Waals surface area contributed by atoms with Crippen molar-refractivity contribution in [1.82, 2.24) is 5.32 Å². The Morgan fingerprint density at radius 1 is 0.867 bits per heavy atom. The van der Waals surface area contributed by atoms with Crippen molar-refractivity contribution < 1.29 is 17.9 Å². The number of anilines is 1. The van der Waals surface area contributed by atoms with Crippen LogP contribution in [0.15, 0.2) is 84.9 Å². The predicted molar refractivity (Wildman–Crippen MR) is 117 cm³/mol. The molecular formula is C23H24N2O4S. The molecule has 0 saturated carbocycles. The summed E-state index contributed by atoms with van der Waals surface area (Å²) < 4.78 is 31.4. The zero-order chi connectivity index (χ0) is 21.4. The van der Waals surface area contributed by atoms with Gasteiger partial charge in [0.25, 0.3) is 0 Å². The van der Waals surface area contributed by atoms with Crippen molar-refractivity contribution in [1.29, 1.82) is 0 Å². The van der Waals surface area contributed by atoms with Crippen LogP contribution in [0.1, 0.15) is 22.8 Å². The molecule has 0 aromatic heterocycles. The van der Waals surface area contributed by atoms with Crippen molar-refractivity contribution >= 4 is 21.6 Å². The summed E-state index contributed by atoms with van der Waals surface area (Å²) in [6.45, 7) is 0.0539. The van der Waals surface area contributed by atoms with Crippen molar-refractivity contribution in [2.24, 2.45) is 0 Å². The van der Waals surface area contributed by atoms with E-state index in [1.807, 2.05) is 60.7 Å². The average Bonchev–Trinajstić information content (AvgIpc) is 2.74. The molecule has 2 N–H and O–H groups in total. The molecule has 3 aromatic carbocycles. The third-order valence-corrected chi connectivity index (χ3v) is 4.97. The van der Waals surface area contributed by atoms with Crippen LogP contribution in [0.5, 0.6) is 0 Å². The maximum atomic E-state index is 12.4. The normalized spacial score (nSPS) is 11.3. The van der Waals surface area contributed by atoms with Crippen LogP contribution in [-0.2, 0) is 26.1 Å². The molecular weight excluding hydrogens is 400 g/mol. The highest BCUT2D eigenvalue weighted by Crippen LogP contribution is 2.25. The summed E-state index contributed by atoms with van der Waals surface area (Å²) in [7, 11) is -3.41. The minimum Gasteiger partial charge on any atom is -0.359 e. The van der Waals surface area contributed by atoms with E-state index >= 15 is 0 Å². The molecule has 0 aliphatic carbocycles. The molecule has 0 heterocycles. The van der Waals surface area contributed by atoms with Crippen LogP contribution in [0.4, 0.5) is 5.69 Å². The van der Waals surface area contributed by atoms with Gasteiger partial charge >= 0.3 is 0 Å². The molecule has 156 valence electrons. The van der Waals surface area contributed by atoms with Crippen LogP contribution in [-0.4, -0.2) is 27.2 Å². The summed E-state index contributed by atoms with van der Waals surface area (Å²) in [4.78, 5) is 12.4. The predicted octanol–water partition coefficient (Wildman–Crippen LogP) is 3.48. The van der Waals surface area contributed by atoms with Gasteiger partial charge in [0.15, 0.2) is 0 Å². The number of sulfonamides is 1. The van der Waals surface area contributed by atoms with Crippen molar-refractivity contribution in [3.05, 3.63) is 102 Å². The SMILES string of the molecule is CS(=O)(=O)Nc1ccccc1CNC(=O)COC(c1ccccc1)c1ccccc1. The van der Waals surface area contributed by atoms with Crippen LogP contribution < -0.4 is 10.0 Å². The van der Waals surface area contributed by atoms with Crippen molar-refractivity contribution in [2.45, 2.75) is 12.6 Å². The Bertz CT molecular complexity index is 1030. The van der Waals surface area contributed by atoms with Gasteiger partial charge in [0.1, 0.15) is 12.7 Å². The van der Waals surface area contributed by atoms with E-state index in [0.29, 0.717) is 11.3 Å². The first-order valence-corrected chi connectivity index (χ1v) is 11.4. The van der Waals surface area contributed by atoms with Crippen molar-refractivity contribution in [3.8, 4) is 0 Å². The molecule has 0 saturated heterocycles. The Morgan fingerprint density at radius 3 is 1.97 bits per heavy atom. The summed E-state index contributed by atoms with van der Waals surface area (Å²) in [5.41, 5.74) is 3.02. The molecule has 0 spiro atoms. The lowest BCUT2D eigenvalue weighted by atomic mass is 10.0. The van der Waals surface area contributed by atoms with Gasteiger partial charge in [-0.3, -0.25) is 9.52 Å². The van der Waals surface area contributed by atoms with E-state index in [1.165, 1.54) is 0 Å². The Balaban J connectivity index is 1.63. The van der Waals surface area contributed by atoms with Gasteiger partial charge in [-0.05, 0) is 22.8 Å². The van der Waals surface area contributed by atoms with Gasteiger partial charge in [0, 0.05) is 6.54 Å². The fraction of sp³-hybridized carbons (Fsp3) is 0.174. The van der Waals surface area contributed by atoms with E-state index in [-0.39, 0.29) is 25.2 Å². The van der Waals surface area contributed by atoms with E-state index in [1.54, 1.807) is 24.3 Å². The molecule has 0 radical (unpaired) electrons. The summed E-state index contributed by atoms with van der Waals surface area (Å²) in [5, 5.41) is 2.78. The molecule has 0 fully saturated rings. The summed E-state index contributed by atoms with van der Waals surface area (Å²) in [6, 6.07) is 26.3. The smallest absolute Gasteiger partial charge is 0.246 e. The first kappa shape index (κ1) is 21.5. The minimum atomic E-state index is -3.41. The number of ether oxygens (including phenoxy) is 1. The number of hydrogen-bond donors (Lipinski definition) is 2. The number of carbonyl (C=O) groups excluding carboxylic acids is 1. The number of hydrogen-bond acceptors (Lipinski definition) is 4. The fourth-order valence-electron chi connectivity index (χ4n) is 3.02. The van der Waals surface area contributed by atoms with Crippen LogP contribution in [0.3, 0.4) is 0 Å². The Labute approximate surface area is 177 Å². The highest BCUT2D eigenvalue weighted by Gasteiger charge is 2.16. The van der Waals surface area contributed by atoms with Crippen LogP contribution in [0.25, 0.3) is 0 Å². The van der Waals surface area contributed by atoms with Gasteiger partial charge in [-0.2, -0.15) is 0 Å². The molecule has 0 bridgehead atoms. The van der Waals surface area contributed by atoms with E-state index in [0.717, 1.165) is 17.4 Å². The first-order chi connectivity index (χ1) is 14.4. The molecule has 0 unspecified atom stereocenters. The number of benzene rings is 3. The lowest BCUT2D eigenvalue weighted by Crippen LogP contribution is -2.28. The molecule has 3 rings (SSSR count). The molecule has 0 aliphatic rings. The first-order valence-electron chi connectivity index (χ1n) is 9.46. The van der Waals surface area contributed by atoms with E-state index in [4.69, 9.17) is 4.74 Å². The van der Waals surface area contributed by atoms with Gasteiger partial charge < -0.3 is 10.1 Å². The van der Waals surface area contributed by atoms with Crippen LogP contribution in [0, 0.1) is 0 Å². The standard InChI is InChI=1S/C23H24N2O4S/c1-30(27,28)25-21-15-9-8-14-20(21)16-24-22(26)17-29-23(18-10-4-2-5-11-18)19-12-6-3-7-13-19/h2-15,23,25H,16-17H2,1H3,(H,24,26). The zero-order valence-electron chi connectivity index (χ0n) is 16.6. The lowest BCUT2D eigenvalue weighted by Gasteiger charge is -2.19. The number of rotatable bonds is 9.